The molecular weight excluding hydrogens is 124 g/mol. The number of nitrogens with one attached hydrogen (secondary N) is 2. The molecule has 1 heterocycles. The summed E-state index contributed by atoms with van der Waals surface area (Å²) in [6, 6.07) is 0.417. The van der Waals surface area contributed by atoms with Gasteiger partial charge in [0.05, 0.1) is 0 Å². The van der Waals surface area contributed by atoms with Crippen molar-refractivity contribution in [2.24, 2.45) is 0 Å². The lowest BCUT2D eigenvalue weighted by Crippen LogP contribution is -2.29. The first-order valence-electron chi connectivity index (χ1n) is 4.15. The van der Waals surface area contributed by atoms with Crippen LogP contribution in [0.2, 0.25) is 0 Å². The molecule has 2 heteroatoms. The topological polar surface area (TPSA) is 35.9 Å². The molecule has 1 aliphatic rings. The van der Waals surface area contributed by atoms with E-state index in [1.807, 2.05) is 0 Å². The lowest BCUT2D eigenvalue weighted by atomic mass is 10.1. The molecule has 0 spiro atoms. The molecule has 1 saturated heterocycles. The summed E-state index contributed by atoms with van der Waals surface area (Å²) >= 11 is 0. The predicted molar refractivity (Wildman–Crippen MR) is 43.7 cm³/mol. The highest BCUT2D eigenvalue weighted by Gasteiger charge is 2.17. The number of hydrogen-bond donors (Lipinski definition) is 2. The molecule has 1 unspecified atom stereocenters. The van der Waals surface area contributed by atoms with E-state index in [9.17, 15) is 0 Å². The van der Waals surface area contributed by atoms with Gasteiger partial charge in [0.15, 0.2) is 0 Å². The number of hydrogen-bond acceptors (Lipinski definition) is 2. The Morgan fingerprint density at radius 1 is 1.70 bits per heavy atom. The van der Waals surface area contributed by atoms with Crippen molar-refractivity contribution in [3.8, 4) is 0 Å². The summed E-state index contributed by atoms with van der Waals surface area (Å²) in [5.41, 5.74) is 0.903. The van der Waals surface area contributed by atoms with Crippen molar-refractivity contribution in [2.75, 3.05) is 6.54 Å². The molecule has 1 fully saturated rings. The molecule has 1 aliphatic heterocycles. The SMILES string of the molecule is CCCC(=N)C1CCCN1. The van der Waals surface area contributed by atoms with Gasteiger partial charge in [-0.05, 0) is 25.8 Å². The van der Waals surface area contributed by atoms with Gasteiger partial charge in [0.2, 0.25) is 0 Å². The van der Waals surface area contributed by atoms with Crippen LogP contribution in [0.3, 0.4) is 0 Å². The van der Waals surface area contributed by atoms with Gasteiger partial charge < -0.3 is 10.7 Å². The minimum absolute atomic E-state index is 0.417. The van der Waals surface area contributed by atoms with Crippen LogP contribution in [0.5, 0.6) is 0 Å². The first-order valence-corrected chi connectivity index (χ1v) is 4.15. The summed E-state index contributed by atoms with van der Waals surface area (Å²) in [5, 5.41) is 10.9. The standard InChI is InChI=1S/C8H16N2/c1-2-4-7(9)8-5-3-6-10-8/h8-10H,2-6H2,1H3. The van der Waals surface area contributed by atoms with Gasteiger partial charge in [-0.2, -0.15) is 0 Å². The van der Waals surface area contributed by atoms with E-state index in [4.69, 9.17) is 5.41 Å². The summed E-state index contributed by atoms with van der Waals surface area (Å²) in [7, 11) is 0. The zero-order chi connectivity index (χ0) is 7.40. The van der Waals surface area contributed by atoms with Gasteiger partial charge in [0, 0.05) is 11.8 Å². The lowest BCUT2D eigenvalue weighted by Gasteiger charge is -2.09. The zero-order valence-electron chi connectivity index (χ0n) is 6.61. The minimum Gasteiger partial charge on any atom is -0.309 e. The third-order valence-electron chi connectivity index (χ3n) is 2.00. The molecule has 0 aliphatic carbocycles. The Kier molecular flexibility index (Phi) is 2.87. The molecule has 1 rings (SSSR count). The summed E-state index contributed by atoms with van der Waals surface area (Å²) in [6.07, 6.45) is 4.50. The maximum atomic E-state index is 7.62. The van der Waals surface area contributed by atoms with Crippen LogP contribution in [-0.2, 0) is 0 Å². The van der Waals surface area contributed by atoms with E-state index in [0.29, 0.717) is 6.04 Å². The molecule has 0 bridgehead atoms. The average Bonchev–Trinajstić information content (AvgIpc) is 2.38. The Balaban J connectivity index is 2.25. The van der Waals surface area contributed by atoms with Gasteiger partial charge in [-0.3, -0.25) is 0 Å². The largest absolute Gasteiger partial charge is 0.309 e. The molecule has 10 heavy (non-hydrogen) atoms. The summed E-state index contributed by atoms with van der Waals surface area (Å²) < 4.78 is 0. The fourth-order valence-corrected chi connectivity index (χ4v) is 1.43. The quantitative estimate of drug-likeness (QED) is 0.573. The Labute approximate surface area is 62.5 Å². The van der Waals surface area contributed by atoms with Crippen LogP contribution < -0.4 is 5.32 Å². The molecule has 2 nitrogen and oxygen atoms in total. The second-order valence-electron chi connectivity index (χ2n) is 2.92. The molecule has 0 aromatic carbocycles. The van der Waals surface area contributed by atoms with Gasteiger partial charge >= 0.3 is 0 Å². The highest BCUT2D eigenvalue weighted by molar-refractivity contribution is 5.86. The van der Waals surface area contributed by atoms with Gasteiger partial charge in [-0.25, -0.2) is 0 Å². The van der Waals surface area contributed by atoms with Crippen molar-refractivity contribution in [1.82, 2.24) is 5.32 Å². The summed E-state index contributed by atoms with van der Waals surface area (Å²) in [6.45, 7) is 3.24. The van der Waals surface area contributed by atoms with E-state index in [0.717, 1.165) is 25.1 Å². The van der Waals surface area contributed by atoms with Crippen LogP contribution in [0.4, 0.5) is 0 Å². The van der Waals surface area contributed by atoms with E-state index in [1.54, 1.807) is 0 Å². The normalized spacial score (nSPS) is 25.1. The monoisotopic (exact) mass is 140 g/mol. The second kappa shape index (κ2) is 3.71. The lowest BCUT2D eigenvalue weighted by molar-refractivity contribution is 0.735. The van der Waals surface area contributed by atoms with Gasteiger partial charge in [-0.15, -0.1) is 0 Å². The van der Waals surface area contributed by atoms with Crippen LogP contribution in [0.1, 0.15) is 32.6 Å². The average molecular weight is 140 g/mol. The van der Waals surface area contributed by atoms with E-state index in [1.165, 1.54) is 12.8 Å². The molecule has 0 radical (unpaired) electrons. The predicted octanol–water partition coefficient (Wildman–Crippen LogP) is 1.56. The molecule has 0 saturated carbocycles. The Hall–Kier alpha value is -0.370. The molecule has 0 amide bonds. The van der Waals surface area contributed by atoms with Crippen LogP contribution in [0.15, 0.2) is 0 Å². The van der Waals surface area contributed by atoms with Crippen molar-refractivity contribution < 1.29 is 0 Å². The third-order valence-corrected chi connectivity index (χ3v) is 2.00. The fourth-order valence-electron chi connectivity index (χ4n) is 1.43. The van der Waals surface area contributed by atoms with Gasteiger partial charge in [-0.1, -0.05) is 13.3 Å². The van der Waals surface area contributed by atoms with Crippen molar-refractivity contribution in [1.29, 1.82) is 5.41 Å². The van der Waals surface area contributed by atoms with Gasteiger partial charge in [0.25, 0.3) is 0 Å². The Morgan fingerprint density at radius 2 is 2.50 bits per heavy atom. The second-order valence-corrected chi connectivity index (χ2v) is 2.92. The third kappa shape index (κ3) is 1.81. The summed E-state index contributed by atoms with van der Waals surface area (Å²) in [5.74, 6) is 0. The van der Waals surface area contributed by atoms with Crippen molar-refractivity contribution in [3.63, 3.8) is 0 Å². The van der Waals surface area contributed by atoms with E-state index < -0.39 is 0 Å². The highest BCUT2D eigenvalue weighted by Crippen LogP contribution is 2.08. The van der Waals surface area contributed by atoms with Crippen molar-refractivity contribution >= 4 is 5.71 Å². The zero-order valence-corrected chi connectivity index (χ0v) is 6.61. The first kappa shape index (κ1) is 7.73. The van der Waals surface area contributed by atoms with Crippen molar-refractivity contribution in [2.45, 2.75) is 38.6 Å². The molecule has 2 N–H and O–H groups in total. The van der Waals surface area contributed by atoms with E-state index in [-0.39, 0.29) is 0 Å². The molecule has 58 valence electrons. The Morgan fingerprint density at radius 3 is 3.00 bits per heavy atom. The van der Waals surface area contributed by atoms with Crippen LogP contribution in [0.25, 0.3) is 0 Å². The molecule has 0 aromatic rings. The van der Waals surface area contributed by atoms with Crippen LogP contribution in [0, 0.1) is 5.41 Å². The molecule has 1 atom stereocenters. The van der Waals surface area contributed by atoms with Crippen molar-refractivity contribution in [3.05, 3.63) is 0 Å². The van der Waals surface area contributed by atoms with E-state index in [2.05, 4.69) is 12.2 Å². The maximum absolute atomic E-state index is 7.62. The Bertz CT molecular complexity index is 114. The first-order chi connectivity index (χ1) is 4.84. The number of rotatable bonds is 3. The summed E-state index contributed by atoms with van der Waals surface area (Å²) in [4.78, 5) is 0. The van der Waals surface area contributed by atoms with Crippen LogP contribution >= 0.6 is 0 Å². The molecular formula is C8H16N2. The van der Waals surface area contributed by atoms with Crippen LogP contribution in [-0.4, -0.2) is 18.3 Å². The minimum atomic E-state index is 0.417. The fraction of sp³-hybridized carbons (Fsp3) is 0.875. The molecule has 0 aromatic heterocycles. The smallest absolute Gasteiger partial charge is 0.0448 e. The van der Waals surface area contributed by atoms with Gasteiger partial charge in [0.1, 0.15) is 0 Å². The maximum Gasteiger partial charge on any atom is 0.0448 e. The highest BCUT2D eigenvalue weighted by atomic mass is 14.9. The van der Waals surface area contributed by atoms with E-state index >= 15 is 0 Å².